The van der Waals surface area contributed by atoms with Crippen molar-refractivity contribution in [1.82, 2.24) is 0 Å². The number of allylic oxidation sites excluding steroid dienone is 1. The predicted molar refractivity (Wildman–Crippen MR) is 50.9 cm³/mol. The Balaban J connectivity index is 2.54. The molecule has 1 aliphatic rings. The first-order valence-electron chi connectivity index (χ1n) is 4.78. The molecule has 1 aliphatic carbocycles. The summed E-state index contributed by atoms with van der Waals surface area (Å²) in [7, 11) is 0. The molecule has 0 radical (unpaired) electrons. The molecule has 1 saturated carbocycles. The van der Waals surface area contributed by atoms with E-state index in [-0.39, 0.29) is 0 Å². The first-order chi connectivity index (χ1) is 5.66. The Morgan fingerprint density at radius 3 is 2.67 bits per heavy atom. The van der Waals surface area contributed by atoms with E-state index in [0.717, 1.165) is 12.8 Å². The maximum absolute atomic E-state index is 11.2. The fourth-order valence-electron chi connectivity index (χ4n) is 2.37. The zero-order chi connectivity index (χ0) is 9.14. The highest BCUT2D eigenvalue weighted by molar-refractivity contribution is 5.78. The third-order valence-corrected chi connectivity index (χ3v) is 3.22. The third kappa shape index (κ3) is 1.77. The van der Waals surface area contributed by atoms with Crippen molar-refractivity contribution in [2.45, 2.75) is 33.1 Å². The highest BCUT2D eigenvalue weighted by atomic mass is 16.1. The van der Waals surface area contributed by atoms with Crippen molar-refractivity contribution in [1.29, 1.82) is 0 Å². The molecule has 0 aromatic heterocycles. The van der Waals surface area contributed by atoms with Gasteiger partial charge in [0, 0.05) is 5.92 Å². The lowest BCUT2D eigenvalue weighted by Crippen LogP contribution is -2.17. The van der Waals surface area contributed by atoms with Crippen LogP contribution in [0, 0.1) is 17.8 Å². The van der Waals surface area contributed by atoms with E-state index < -0.39 is 0 Å². The minimum atomic E-state index is 0.329. The maximum atomic E-state index is 11.2. The molecule has 1 nitrogen and oxygen atoms in total. The van der Waals surface area contributed by atoms with Gasteiger partial charge in [-0.25, -0.2) is 0 Å². The molecule has 0 amide bonds. The molecule has 0 aromatic carbocycles. The Bertz CT molecular complexity index is 183. The van der Waals surface area contributed by atoms with Gasteiger partial charge in [0.1, 0.15) is 5.78 Å². The molecule has 1 heteroatoms. The number of Topliss-reactive ketones (excluding diaryl/α,β-unsaturated/α-hetero) is 1. The molecule has 0 aliphatic heterocycles. The van der Waals surface area contributed by atoms with Crippen molar-refractivity contribution in [2.75, 3.05) is 0 Å². The van der Waals surface area contributed by atoms with Gasteiger partial charge >= 0.3 is 0 Å². The van der Waals surface area contributed by atoms with Crippen molar-refractivity contribution in [3.05, 3.63) is 12.7 Å². The number of carbonyl (C=O) groups is 1. The molecule has 0 aromatic rings. The highest BCUT2D eigenvalue weighted by Crippen LogP contribution is 2.39. The topological polar surface area (TPSA) is 17.1 Å². The molecule has 68 valence electrons. The number of hydrogen-bond acceptors (Lipinski definition) is 1. The fraction of sp³-hybridized carbons (Fsp3) is 0.727. The molecule has 0 N–H and O–H groups in total. The zero-order valence-corrected chi connectivity index (χ0v) is 8.05. The zero-order valence-electron chi connectivity index (χ0n) is 8.05. The lowest BCUT2D eigenvalue weighted by atomic mass is 9.87. The summed E-state index contributed by atoms with van der Waals surface area (Å²) in [5, 5.41) is 0. The lowest BCUT2D eigenvalue weighted by Gasteiger charge is -2.17. The molecule has 3 unspecified atom stereocenters. The van der Waals surface area contributed by atoms with Crippen LogP contribution in [-0.4, -0.2) is 5.78 Å². The van der Waals surface area contributed by atoms with Gasteiger partial charge in [0.2, 0.25) is 0 Å². The van der Waals surface area contributed by atoms with Crippen LogP contribution in [0.4, 0.5) is 0 Å². The molecular formula is C11H18O. The fourth-order valence-corrected chi connectivity index (χ4v) is 2.37. The second kappa shape index (κ2) is 3.88. The molecular weight excluding hydrogens is 148 g/mol. The Morgan fingerprint density at radius 1 is 1.58 bits per heavy atom. The SMILES string of the molecule is C=CCC1CCC(C(C)=O)C1C. The molecule has 0 saturated heterocycles. The predicted octanol–water partition coefficient (Wildman–Crippen LogP) is 2.81. The van der Waals surface area contributed by atoms with E-state index in [9.17, 15) is 4.79 Å². The summed E-state index contributed by atoms with van der Waals surface area (Å²) < 4.78 is 0. The Hall–Kier alpha value is -0.590. The highest BCUT2D eigenvalue weighted by Gasteiger charge is 2.34. The van der Waals surface area contributed by atoms with Crippen LogP contribution < -0.4 is 0 Å². The minimum Gasteiger partial charge on any atom is -0.300 e. The van der Waals surface area contributed by atoms with Crippen LogP contribution in [0.5, 0.6) is 0 Å². The number of carbonyl (C=O) groups excluding carboxylic acids is 1. The van der Waals surface area contributed by atoms with Gasteiger partial charge in [-0.1, -0.05) is 13.0 Å². The van der Waals surface area contributed by atoms with Crippen LogP contribution in [0.25, 0.3) is 0 Å². The van der Waals surface area contributed by atoms with E-state index in [1.165, 1.54) is 6.42 Å². The molecule has 3 atom stereocenters. The summed E-state index contributed by atoms with van der Waals surface area (Å²) in [6.07, 6.45) is 5.35. The first kappa shape index (κ1) is 9.50. The summed E-state index contributed by atoms with van der Waals surface area (Å²) in [6, 6.07) is 0. The van der Waals surface area contributed by atoms with Crippen LogP contribution in [0.3, 0.4) is 0 Å². The van der Waals surface area contributed by atoms with Crippen LogP contribution in [0.1, 0.15) is 33.1 Å². The summed E-state index contributed by atoms with van der Waals surface area (Å²) >= 11 is 0. The summed E-state index contributed by atoms with van der Waals surface area (Å²) in [4.78, 5) is 11.2. The average Bonchev–Trinajstić information content (AvgIpc) is 2.34. The van der Waals surface area contributed by atoms with Crippen molar-refractivity contribution < 1.29 is 4.79 Å². The van der Waals surface area contributed by atoms with Gasteiger partial charge in [0.25, 0.3) is 0 Å². The first-order valence-corrected chi connectivity index (χ1v) is 4.78. The van der Waals surface area contributed by atoms with Crippen LogP contribution in [-0.2, 0) is 4.79 Å². The van der Waals surface area contributed by atoms with Gasteiger partial charge in [-0.05, 0) is 38.0 Å². The summed E-state index contributed by atoms with van der Waals surface area (Å²) in [5.41, 5.74) is 0. The quantitative estimate of drug-likeness (QED) is 0.589. The smallest absolute Gasteiger partial charge is 0.133 e. The van der Waals surface area contributed by atoms with E-state index in [4.69, 9.17) is 0 Å². The van der Waals surface area contributed by atoms with Crippen molar-refractivity contribution >= 4 is 5.78 Å². The van der Waals surface area contributed by atoms with E-state index >= 15 is 0 Å². The van der Waals surface area contributed by atoms with Crippen LogP contribution >= 0.6 is 0 Å². The standard InChI is InChI=1S/C11H18O/c1-4-5-10-6-7-11(8(10)2)9(3)12/h4,8,10-11H,1,5-7H2,2-3H3. The maximum Gasteiger partial charge on any atom is 0.133 e. The van der Waals surface area contributed by atoms with Gasteiger partial charge in [0.15, 0.2) is 0 Å². The number of hydrogen-bond donors (Lipinski definition) is 0. The normalized spacial score (nSPS) is 35.0. The van der Waals surface area contributed by atoms with Gasteiger partial charge in [-0.15, -0.1) is 6.58 Å². The second-order valence-corrected chi connectivity index (χ2v) is 3.94. The van der Waals surface area contributed by atoms with Crippen LogP contribution in [0.2, 0.25) is 0 Å². The van der Waals surface area contributed by atoms with Crippen molar-refractivity contribution in [3.8, 4) is 0 Å². The van der Waals surface area contributed by atoms with Gasteiger partial charge in [-0.3, -0.25) is 4.79 Å². The largest absolute Gasteiger partial charge is 0.300 e. The lowest BCUT2D eigenvalue weighted by molar-refractivity contribution is -0.121. The molecule has 0 heterocycles. The Kier molecular flexibility index (Phi) is 3.07. The van der Waals surface area contributed by atoms with Crippen molar-refractivity contribution in [3.63, 3.8) is 0 Å². The molecule has 0 bridgehead atoms. The number of ketones is 1. The van der Waals surface area contributed by atoms with Gasteiger partial charge < -0.3 is 0 Å². The Labute approximate surface area is 74.9 Å². The summed E-state index contributed by atoms with van der Waals surface area (Å²) in [5.74, 6) is 1.97. The number of rotatable bonds is 3. The molecule has 1 fully saturated rings. The monoisotopic (exact) mass is 166 g/mol. The Morgan fingerprint density at radius 2 is 2.25 bits per heavy atom. The third-order valence-electron chi connectivity index (χ3n) is 3.22. The molecule has 12 heavy (non-hydrogen) atoms. The second-order valence-electron chi connectivity index (χ2n) is 3.94. The van der Waals surface area contributed by atoms with E-state index in [0.29, 0.717) is 23.5 Å². The van der Waals surface area contributed by atoms with Gasteiger partial charge in [0.05, 0.1) is 0 Å². The molecule has 1 rings (SSSR count). The van der Waals surface area contributed by atoms with E-state index in [1.807, 2.05) is 6.08 Å². The average molecular weight is 166 g/mol. The van der Waals surface area contributed by atoms with E-state index in [1.54, 1.807) is 6.92 Å². The molecule has 0 spiro atoms. The van der Waals surface area contributed by atoms with Crippen molar-refractivity contribution in [2.24, 2.45) is 17.8 Å². The van der Waals surface area contributed by atoms with Gasteiger partial charge in [-0.2, -0.15) is 0 Å². The van der Waals surface area contributed by atoms with Crippen LogP contribution in [0.15, 0.2) is 12.7 Å². The minimum absolute atomic E-state index is 0.329. The summed E-state index contributed by atoms with van der Waals surface area (Å²) in [6.45, 7) is 7.66. The van der Waals surface area contributed by atoms with E-state index in [2.05, 4.69) is 13.5 Å².